The highest BCUT2D eigenvalue weighted by atomic mass is 35.5. The van der Waals surface area contributed by atoms with Crippen molar-refractivity contribution in [3.05, 3.63) is 39.2 Å². The van der Waals surface area contributed by atoms with Crippen molar-refractivity contribution in [2.45, 2.75) is 0 Å². The number of carbonyl (C=O) groups excluding carboxylic acids is 1. The number of halogens is 1. The van der Waals surface area contributed by atoms with Crippen LogP contribution in [0.25, 0.3) is 10.4 Å². The summed E-state index contributed by atoms with van der Waals surface area (Å²) in [5.41, 5.74) is 8.51. The predicted molar refractivity (Wildman–Crippen MR) is 51.6 cm³/mol. The first-order chi connectivity index (χ1) is 6.70. The second kappa shape index (κ2) is 4.50. The van der Waals surface area contributed by atoms with Gasteiger partial charge in [-0.05, 0) is 17.7 Å². The van der Waals surface area contributed by atoms with Crippen LogP contribution >= 0.6 is 11.6 Å². The van der Waals surface area contributed by atoms with Gasteiger partial charge in [-0.3, -0.25) is 0 Å². The van der Waals surface area contributed by atoms with Crippen molar-refractivity contribution >= 4 is 23.3 Å². The van der Waals surface area contributed by atoms with E-state index in [1.165, 1.54) is 19.2 Å². The van der Waals surface area contributed by atoms with Crippen LogP contribution in [-0.4, -0.2) is 13.1 Å². The first kappa shape index (κ1) is 10.4. The number of benzene rings is 1. The van der Waals surface area contributed by atoms with E-state index in [4.69, 9.17) is 17.1 Å². The highest BCUT2D eigenvalue weighted by molar-refractivity contribution is 6.33. The van der Waals surface area contributed by atoms with E-state index in [0.29, 0.717) is 0 Å². The van der Waals surface area contributed by atoms with Crippen LogP contribution in [0.15, 0.2) is 23.3 Å². The van der Waals surface area contributed by atoms with Gasteiger partial charge in [0.1, 0.15) is 0 Å². The van der Waals surface area contributed by atoms with Crippen molar-refractivity contribution in [3.63, 3.8) is 0 Å². The summed E-state index contributed by atoms with van der Waals surface area (Å²) >= 11 is 5.74. The number of methoxy groups -OCH3 is 1. The molecule has 0 atom stereocenters. The molecular formula is C8H6ClN3O2. The summed E-state index contributed by atoms with van der Waals surface area (Å²) < 4.78 is 4.50. The minimum Gasteiger partial charge on any atom is -0.465 e. The topological polar surface area (TPSA) is 75.1 Å². The molecule has 0 aliphatic carbocycles. The van der Waals surface area contributed by atoms with Crippen LogP contribution < -0.4 is 0 Å². The van der Waals surface area contributed by atoms with Gasteiger partial charge in [0.15, 0.2) is 0 Å². The summed E-state index contributed by atoms with van der Waals surface area (Å²) in [6.45, 7) is 0. The van der Waals surface area contributed by atoms with Crippen molar-refractivity contribution < 1.29 is 9.53 Å². The van der Waals surface area contributed by atoms with Gasteiger partial charge in [-0.15, -0.1) is 0 Å². The normalized spacial score (nSPS) is 9.00. The van der Waals surface area contributed by atoms with E-state index in [1.54, 1.807) is 6.07 Å². The first-order valence-corrected chi connectivity index (χ1v) is 4.00. The van der Waals surface area contributed by atoms with Gasteiger partial charge in [0.25, 0.3) is 0 Å². The third kappa shape index (κ3) is 1.96. The van der Waals surface area contributed by atoms with Crippen molar-refractivity contribution in [1.29, 1.82) is 0 Å². The maximum Gasteiger partial charge on any atom is 0.338 e. The molecule has 72 valence electrons. The number of azide groups is 1. The number of esters is 1. The van der Waals surface area contributed by atoms with Crippen molar-refractivity contribution in [3.8, 4) is 0 Å². The highest BCUT2D eigenvalue weighted by Crippen LogP contribution is 2.29. The van der Waals surface area contributed by atoms with E-state index in [-0.39, 0.29) is 16.3 Å². The Morgan fingerprint density at radius 2 is 2.36 bits per heavy atom. The smallest absolute Gasteiger partial charge is 0.338 e. The molecular weight excluding hydrogens is 206 g/mol. The molecule has 0 heterocycles. The lowest BCUT2D eigenvalue weighted by molar-refractivity contribution is 0.0601. The Morgan fingerprint density at radius 1 is 1.64 bits per heavy atom. The third-order valence-electron chi connectivity index (χ3n) is 1.54. The summed E-state index contributed by atoms with van der Waals surface area (Å²) in [6, 6.07) is 4.57. The van der Waals surface area contributed by atoms with E-state index in [0.717, 1.165) is 0 Å². The van der Waals surface area contributed by atoms with Crippen molar-refractivity contribution in [2.75, 3.05) is 7.11 Å². The molecule has 6 heteroatoms. The quantitative estimate of drug-likeness (QED) is 0.326. The van der Waals surface area contributed by atoms with Gasteiger partial charge in [-0.2, -0.15) is 0 Å². The molecule has 0 aliphatic heterocycles. The molecule has 0 radical (unpaired) electrons. The van der Waals surface area contributed by atoms with E-state index in [2.05, 4.69) is 14.8 Å². The number of rotatable bonds is 2. The molecule has 14 heavy (non-hydrogen) atoms. The molecule has 0 bridgehead atoms. The number of ether oxygens (including phenoxy) is 1. The number of hydrogen-bond acceptors (Lipinski definition) is 3. The Kier molecular flexibility index (Phi) is 3.34. The van der Waals surface area contributed by atoms with Gasteiger partial charge in [0.05, 0.1) is 23.4 Å². The Hall–Kier alpha value is -1.71. The van der Waals surface area contributed by atoms with E-state index in [9.17, 15) is 4.79 Å². The lowest BCUT2D eigenvalue weighted by Gasteiger charge is -2.03. The molecule has 0 fully saturated rings. The Morgan fingerprint density at radius 3 is 2.93 bits per heavy atom. The lowest BCUT2D eigenvalue weighted by atomic mass is 10.2. The zero-order valence-electron chi connectivity index (χ0n) is 7.27. The summed E-state index contributed by atoms with van der Waals surface area (Å²) in [6.07, 6.45) is 0. The molecule has 0 spiro atoms. The van der Waals surface area contributed by atoms with Crippen LogP contribution in [0.4, 0.5) is 5.69 Å². The zero-order chi connectivity index (χ0) is 10.6. The van der Waals surface area contributed by atoms with E-state index >= 15 is 0 Å². The van der Waals surface area contributed by atoms with Gasteiger partial charge in [0, 0.05) is 4.91 Å². The second-order valence-corrected chi connectivity index (χ2v) is 2.72. The van der Waals surface area contributed by atoms with Crippen LogP contribution in [0, 0.1) is 0 Å². The first-order valence-electron chi connectivity index (χ1n) is 3.62. The summed E-state index contributed by atoms with van der Waals surface area (Å²) in [5, 5.41) is 3.54. The molecule has 0 aliphatic rings. The molecule has 0 aromatic heterocycles. The molecule has 0 N–H and O–H groups in total. The van der Waals surface area contributed by atoms with Gasteiger partial charge >= 0.3 is 5.97 Å². The Balaban J connectivity index is 3.34. The SMILES string of the molecule is COC(=O)c1cccc(Cl)c1N=[N+]=[N-]. The van der Waals surface area contributed by atoms with Gasteiger partial charge in [0.2, 0.25) is 0 Å². The molecule has 0 saturated carbocycles. The molecule has 0 saturated heterocycles. The molecule has 5 nitrogen and oxygen atoms in total. The molecule has 1 rings (SSSR count). The summed E-state index contributed by atoms with van der Waals surface area (Å²) in [4.78, 5) is 13.8. The largest absolute Gasteiger partial charge is 0.465 e. The fraction of sp³-hybridized carbons (Fsp3) is 0.125. The van der Waals surface area contributed by atoms with Crippen molar-refractivity contribution in [1.82, 2.24) is 0 Å². The molecule has 1 aromatic carbocycles. The van der Waals surface area contributed by atoms with Gasteiger partial charge < -0.3 is 4.74 Å². The average molecular weight is 212 g/mol. The standard InChI is InChI=1S/C8H6ClN3O2/c1-14-8(13)5-3-2-4-6(9)7(5)11-12-10/h2-4H,1H3. The minimum absolute atomic E-state index is 0.0866. The molecule has 0 amide bonds. The van der Waals surface area contributed by atoms with E-state index < -0.39 is 5.97 Å². The minimum atomic E-state index is -0.588. The van der Waals surface area contributed by atoms with Crippen molar-refractivity contribution in [2.24, 2.45) is 5.11 Å². The second-order valence-electron chi connectivity index (χ2n) is 2.32. The number of nitrogens with zero attached hydrogens (tertiary/aromatic N) is 3. The maximum atomic E-state index is 11.2. The number of hydrogen-bond donors (Lipinski definition) is 0. The Labute approximate surface area is 84.9 Å². The van der Waals surface area contributed by atoms with Crippen LogP contribution in [0.2, 0.25) is 5.02 Å². The zero-order valence-corrected chi connectivity index (χ0v) is 8.02. The van der Waals surface area contributed by atoms with Crippen LogP contribution in [0.3, 0.4) is 0 Å². The van der Waals surface area contributed by atoms with Gasteiger partial charge in [-0.1, -0.05) is 22.8 Å². The summed E-state index contributed by atoms with van der Waals surface area (Å²) in [5.74, 6) is -0.588. The maximum absolute atomic E-state index is 11.2. The molecule has 1 aromatic rings. The molecule has 0 unspecified atom stereocenters. The third-order valence-corrected chi connectivity index (χ3v) is 1.84. The fourth-order valence-corrected chi connectivity index (χ4v) is 1.15. The average Bonchev–Trinajstić information content (AvgIpc) is 2.20. The Bertz CT molecular complexity index is 413. The monoisotopic (exact) mass is 211 g/mol. The predicted octanol–water partition coefficient (Wildman–Crippen LogP) is 3.07. The van der Waals surface area contributed by atoms with Crippen LogP contribution in [0.5, 0.6) is 0 Å². The number of carbonyl (C=O) groups is 1. The van der Waals surface area contributed by atoms with Gasteiger partial charge in [-0.25, -0.2) is 4.79 Å². The fourth-order valence-electron chi connectivity index (χ4n) is 0.936. The summed E-state index contributed by atoms with van der Waals surface area (Å²) in [7, 11) is 1.24. The van der Waals surface area contributed by atoms with E-state index in [1.807, 2.05) is 0 Å². The lowest BCUT2D eigenvalue weighted by Crippen LogP contribution is -2.01. The highest BCUT2D eigenvalue weighted by Gasteiger charge is 2.12. The van der Waals surface area contributed by atoms with Crippen LogP contribution in [0.1, 0.15) is 10.4 Å². The van der Waals surface area contributed by atoms with Crippen LogP contribution in [-0.2, 0) is 4.74 Å².